The van der Waals surface area contributed by atoms with Crippen LogP contribution in [0.5, 0.6) is 5.75 Å². The quantitative estimate of drug-likeness (QED) is 0.748. The summed E-state index contributed by atoms with van der Waals surface area (Å²) in [6.07, 6.45) is 0. The molecule has 1 saturated heterocycles. The number of nitrogen functional groups attached to an aromatic ring is 1. The SMILES string of the molecule is C[C@@H](c1nc(N)nc(N(C)C)n1)N1CCN(CCOc2ccc(Cl)cc2)CC1. The van der Waals surface area contributed by atoms with E-state index in [1.165, 1.54) is 0 Å². The largest absolute Gasteiger partial charge is 0.492 e. The second kappa shape index (κ2) is 9.36. The summed E-state index contributed by atoms with van der Waals surface area (Å²) in [7, 11) is 3.79. The number of rotatable bonds is 7. The van der Waals surface area contributed by atoms with Crippen molar-refractivity contribution in [3.8, 4) is 5.75 Å². The number of piperazine rings is 1. The van der Waals surface area contributed by atoms with E-state index in [-0.39, 0.29) is 12.0 Å². The van der Waals surface area contributed by atoms with E-state index in [1.54, 1.807) is 0 Å². The number of hydrogen-bond donors (Lipinski definition) is 1. The minimum Gasteiger partial charge on any atom is -0.492 e. The molecule has 28 heavy (non-hydrogen) atoms. The summed E-state index contributed by atoms with van der Waals surface area (Å²) in [5, 5.41) is 0.718. The molecule has 0 spiro atoms. The molecule has 8 nitrogen and oxygen atoms in total. The lowest BCUT2D eigenvalue weighted by molar-refractivity contribution is 0.0890. The number of halogens is 1. The van der Waals surface area contributed by atoms with Gasteiger partial charge in [0.15, 0.2) is 5.82 Å². The van der Waals surface area contributed by atoms with Crippen LogP contribution in [-0.4, -0.2) is 78.2 Å². The van der Waals surface area contributed by atoms with Crippen LogP contribution in [-0.2, 0) is 0 Å². The lowest BCUT2D eigenvalue weighted by Gasteiger charge is -2.37. The molecule has 0 aliphatic carbocycles. The molecular weight excluding hydrogens is 378 g/mol. The summed E-state index contributed by atoms with van der Waals surface area (Å²) in [6.45, 7) is 7.54. The Bertz CT molecular complexity index is 763. The highest BCUT2D eigenvalue weighted by Crippen LogP contribution is 2.21. The van der Waals surface area contributed by atoms with E-state index in [1.807, 2.05) is 43.3 Å². The summed E-state index contributed by atoms with van der Waals surface area (Å²) in [5.41, 5.74) is 5.86. The topological polar surface area (TPSA) is 83.6 Å². The minimum absolute atomic E-state index is 0.0940. The van der Waals surface area contributed by atoms with Gasteiger partial charge in [-0.3, -0.25) is 9.80 Å². The summed E-state index contributed by atoms with van der Waals surface area (Å²) < 4.78 is 5.80. The molecule has 1 aromatic carbocycles. The van der Waals surface area contributed by atoms with Crippen molar-refractivity contribution in [3.63, 3.8) is 0 Å². The Kier molecular flexibility index (Phi) is 6.88. The molecule has 2 heterocycles. The van der Waals surface area contributed by atoms with Gasteiger partial charge in [0.2, 0.25) is 11.9 Å². The zero-order valence-electron chi connectivity index (χ0n) is 16.7. The molecule has 0 unspecified atom stereocenters. The average molecular weight is 406 g/mol. The van der Waals surface area contributed by atoms with Crippen LogP contribution < -0.4 is 15.4 Å². The predicted octanol–water partition coefficient (Wildman–Crippen LogP) is 1.93. The fourth-order valence-electron chi connectivity index (χ4n) is 3.15. The zero-order valence-corrected chi connectivity index (χ0v) is 17.4. The maximum absolute atomic E-state index is 5.89. The fourth-order valence-corrected chi connectivity index (χ4v) is 3.27. The van der Waals surface area contributed by atoms with Gasteiger partial charge in [-0.25, -0.2) is 0 Å². The van der Waals surface area contributed by atoms with E-state index < -0.39 is 0 Å². The van der Waals surface area contributed by atoms with Gasteiger partial charge in [-0.05, 0) is 31.2 Å². The standard InChI is InChI=1S/C19H28ClN7O/c1-14(17-22-18(21)24-19(23-17)25(2)3)27-10-8-26(9-11-27)12-13-28-16-6-4-15(20)5-7-16/h4-7,14H,8-13H2,1-3H3,(H2,21,22,23,24)/t14-/m0/s1. The van der Waals surface area contributed by atoms with Crippen molar-refractivity contribution in [2.45, 2.75) is 13.0 Å². The Labute approximate surface area is 171 Å². The smallest absolute Gasteiger partial charge is 0.229 e. The van der Waals surface area contributed by atoms with Gasteiger partial charge in [-0.1, -0.05) is 11.6 Å². The molecule has 2 N–H and O–H groups in total. The monoisotopic (exact) mass is 405 g/mol. The Morgan fingerprint density at radius 2 is 1.79 bits per heavy atom. The summed E-state index contributed by atoms with van der Waals surface area (Å²) in [4.78, 5) is 19.7. The molecule has 3 rings (SSSR count). The number of ether oxygens (including phenoxy) is 1. The highest BCUT2D eigenvalue weighted by molar-refractivity contribution is 6.30. The number of nitrogens with two attached hydrogens (primary N) is 1. The minimum atomic E-state index is 0.0940. The third kappa shape index (κ3) is 5.43. The molecule has 2 aromatic rings. The van der Waals surface area contributed by atoms with Crippen LogP contribution in [0.15, 0.2) is 24.3 Å². The molecule has 0 amide bonds. The lowest BCUT2D eigenvalue weighted by Crippen LogP contribution is -2.48. The Morgan fingerprint density at radius 3 is 2.43 bits per heavy atom. The first-order valence-corrected chi connectivity index (χ1v) is 9.83. The maximum Gasteiger partial charge on any atom is 0.229 e. The summed E-state index contributed by atoms with van der Waals surface area (Å²) in [6, 6.07) is 7.56. The molecule has 1 fully saturated rings. The van der Waals surface area contributed by atoms with Crippen molar-refractivity contribution in [1.82, 2.24) is 24.8 Å². The van der Waals surface area contributed by atoms with Crippen molar-refractivity contribution < 1.29 is 4.74 Å². The number of nitrogens with zero attached hydrogens (tertiary/aromatic N) is 6. The Hall–Kier alpha value is -2.16. The summed E-state index contributed by atoms with van der Waals surface area (Å²) in [5.74, 6) is 2.42. The van der Waals surface area contributed by atoms with Crippen LogP contribution in [0.2, 0.25) is 5.02 Å². The molecule has 1 aliphatic heterocycles. The van der Waals surface area contributed by atoms with Crippen molar-refractivity contribution in [3.05, 3.63) is 35.1 Å². The van der Waals surface area contributed by atoms with E-state index in [9.17, 15) is 0 Å². The number of hydrogen-bond acceptors (Lipinski definition) is 8. The van der Waals surface area contributed by atoms with Gasteiger partial charge >= 0.3 is 0 Å². The van der Waals surface area contributed by atoms with Crippen LogP contribution in [0.25, 0.3) is 0 Å². The molecule has 0 radical (unpaired) electrons. The highest BCUT2D eigenvalue weighted by Gasteiger charge is 2.24. The number of aromatic nitrogens is 3. The van der Waals surface area contributed by atoms with Gasteiger partial charge < -0.3 is 15.4 Å². The van der Waals surface area contributed by atoms with Crippen LogP contribution >= 0.6 is 11.6 Å². The molecule has 1 aliphatic rings. The first kappa shape index (κ1) is 20.6. The van der Waals surface area contributed by atoms with E-state index in [2.05, 4.69) is 31.7 Å². The van der Waals surface area contributed by atoms with Gasteiger partial charge in [0.1, 0.15) is 12.4 Å². The highest BCUT2D eigenvalue weighted by atomic mass is 35.5. The van der Waals surface area contributed by atoms with E-state index in [0.29, 0.717) is 12.6 Å². The third-order valence-electron chi connectivity index (χ3n) is 4.88. The van der Waals surface area contributed by atoms with E-state index in [4.69, 9.17) is 22.1 Å². The maximum atomic E-state index is 5.89. The lowest BCUT2D eigenvalue weighted by atomic mass is 10.2. The normalized spacial score (nSPS) is 16.7. The van der Waals surface area contributed by atoms with Crippen molar-refractivity contribution in [1.29, 1.82) is 0 Å². The van der Waals surface area contributed by atoms with Crippen molar-refractivity contribution in [2.75, 3.05) is 64.1 Å². The second-order valence-electron chi connectivity index (χ2n) is 7.10. The third-order valence-corrected chi connectivity index (χ3v) is 5.13. The average Bonchev–Trinajstić information content (AvgIpc) is 2.69. The predicted molar refractivity (Wildman–Crippen MR) is 112 cm³/mol. The van der Waals surface area contributed by atoms with Gasteiger partial charge in [0.05, 0.1) is 6.04 Å². The molecular formula is C19H28ClN7O. The van der Waals surface area contributed by atoms with Gasteiger partial charge in [0.25, 0.3) is 0 Å². The first-order chi connectivity index (χ1) is 13.4. The molecule has 0 bridgehead atoms. The van der Waals surface area contributed by atoms with Gasteiger partial charge in [0, 0.05) is 51.8 Å². The Balaban J connectivity index is 1.47. The first-order valence-electron chi connectivity index (χ1n) is 9.46. The van der Waals surface area contributed by atoms with Crippen LogP contribution in [0, 0.1) is 0 Å². The Morgan fingerprint density at radius 1 is 1.11 bits per heavy atom. The van der Waals surface area contributed by atoms with E-state index in [0.717, 1.165) is 49.3 Å². The molecule has 0 saturated carbocycles. The number of anilines is 2. The van der Waals surface area contributed by atoms with Crippen LogP contribution in [0.3, 0.4) is 0 Å². The number of benzene rings is 1. The molecule has 1 atom stereocenters. The van der Waals surface area contributed by atoms with E-state index >= 15 is 0 Å². The zero-order chi connectivity index (χ0) is 20.1. The van der Waals surface area contributed by atoms with Gasteiger partial charge in [-0.2, -0.15) is 15.0 Å². The van der Waals surface area contributed by atoms with Crippen LogP contribution in [0.1, 0.15) is 18.8 Å². The molecule has 152 valence electrons. The van der Waals surface area contributed by atoms with Crippen molar-refractivity contribution in [2.24, 2.45) is 0 Å². The van der Waals surface area contributed by atoms with Crippen molar-refractivity contribution >= 4 is 23.5 Å². The fraction of sp³-hybridized carbons (Fsp3) is 0.526. The van der Waals surface area contributed by atoms with Gasteiger partial charge in [-0.15, -0.1) is 0 Å². The van der Waals surface area contributed by atoms with Crippen LogP contribution in [0.4, 0.5) is 11.9 Å². The second-order valence-corrected chi connectivity index (χ2v) is 7.54. The molecule has 9 heteroatoms. The molecule has 1 aromatic heterocycles. The summed E-state index contributed by atoms with van der Waals surface area (Å²) >= 11 is 5.89.